The number of rotatable bonds is 17. The van der Waals surface area contributed by atoms with Crippen molar-refractivity contribution in [3.63, 3.8) is 0 Å². The number of hydrogen-bond donors (Lipinski definition) is 6. The third kappa shape index (κ3) is 8.57. The van der Waals surface area contributed by atoms with E-state index in [1.54, 1.807) is 6.92 Å². The molecular weight excluding hydrogens is 578 g/mol. The Bertz CT molecular complexity index is 1000. The molecule has 9 nitrogen and oxygen atoms in total. The van der Waals surface area contributed by atoms with E-state index in [-0.39, 0.29) is 24.0 Å². The van der Waals surface area contributed by atoms with E-state index in [1.807, 2.05) is 0 Å². The van der Waals surface area contributed by atoms with Gasteiger partial charge in [-0.3, -0.25) is 4.55 Å². The van der Waals surface area contributed by atoms with E-state index in [4.69, 9.17) is 10.3 Å². The highest BCUT2D eigenvalue weighted by atomic mass is 32.3. The van der Waals surface area contributed by atoms with Crippen LogP contribution in [0, 0.1) is 52.3 Å². The highest BCUT2D eigenvalue weighted by Gasteiger charge is 2.62. The molecule has 0 bridgehead atoms. The Labute approximate surface area is 268 Å². The van der Waals surface area contributed by atoms with Gasteiger partial charge in [-0.25, -0.2) is 4.18 Å². The minimum absolute atomic E-state index is 0.210. The first-order chi connectivity index (χ1) is 20.8. The van der Waals surface area contributed by atoms with Gasteiger partial charge in [0.05, 0.1) is 18.8 Å². The fourth-order valence-electron chi connectivity index (χ4n) is 10.6. The summed E-state index contributed by atoms with van der Waals surface area (Å²) in [5.41, 5.74) is 6.12. The smallest absolute Gasteiger partial charge is 0.393 e. The molecule has 0 aliphatic heterocycles. The summed E-state index contributed by atoms with van der Waals surface area (Å²) in [6, 6.07) is 0.567. The van der Waals surface area contributed by atoms with Crippen molar-refractivity contribution in [1.82, 2.24) is 10.6 Å². The van der Waals surface area contributed by atoms with Crippen molar-refractivity contribution in [2.24, 2.45) is 58.0 Å². The fourth-order valence-corrected chi connectivity index (χ4v) is 11.0. The Kier molecular flexibility index (Phi) is 13.0. The van der Waals surface area contributed by atoms with E-state index in [0.717, 1.165) is 58.3 Å². The molecule has 0 amide bonds. The Morgan fingerprint density at radius 2 is 1.64 bits per heavy atom. The van der Waals surface area contributed by atoms with Crippen LogP contribution in [0.4, 0.5) is 0 Å². The van der Waals surface area contributed by atoms with Crippen LogP contribution in [-0.4, -0.2) is 74.2 Å². The molecule has 7 unspecified atom stereocenters. The summed E-state index contributed by atoms with van der Waals surface area (Å²) in [4.78, 5) is 0. The molecule has 4 saturated carbocycles. The largest absolute Gasteiger partial charge is 0.397 e. The van der Waals surface area contributed by atoms with E-state index in [2.05, 4.69) is 35.6 Å². The topological polar surface area (TPSA) is 154 Å². The zero-order chi connectivity index (χ0) is 32.1. The van der Waals surface area contributed by atoms with E-state index >= 15 is 0 Å². The summed E-state index contributed by atoms with van der Waals surface area (Å²) < 4.78 is 35.2. The van der Waals surface area contributed by atoms with Crippen molar-refractivity contribution in [2.75, 3.05) is 32.8 Å². The Hall–Kier alpha value is -0.330. The van der Waals surface area contributed by atoms with Crippen molar-refractivity contribution in [3.05, 3.63) is 0 Å². The second kappa shape index (κ2) is 15.7. The average Bonchev–Trinajstić information content (AvgIpc) is 3.33. The van der Waals surface area contributed by atoms with E-state index in [0.29, 0.717) is 53.4 Å². The lowest BCUT2D eigenvalue weighted by Crippen LogP contribution is -2.59. The minimum atomic E-state index is -4.50. The SMILES string of the molecule is CC(COS(=O)(=O)O)C(O)CC[C@@H](C)C1CCC2C3C(O)C[C@H]4C[C@@H](NCCCNCCCCN)CC[C@]4(C)C3CC[C@@]21C. The van der Waals surface area contributed by atoms with Crippen LogP contribution in [0.2, 0.25) is 0 Å². The number of aliphatic hydroxyl groups excluding tert-OH is 2. The lowest BCUT2D eigenvalue weighted by molar-refractivity contribution is -0.167. The van der Waals surface area contributed by atoms with Crippen molar-refractivity contribution in [3.8, 4) is 0 Å². The highest BCUT2D eigenvalue weighted by molar-refractivity contribution is 7.80. The van der Waals surface area contributed by atoms with Crippen molar-refractivity contribution in [2.45, 2.75) is 129 Å². The predicted octanol–water partition coefficient (Wildman–Crippen LogP) is 4.53. The van der Waals surface area contributed by atoms with Crippen molar-refractivity contribution < 1.29 is 27.4 Å². The first-order valence-electron chi connectivity index (χ1n) is 17.9. The number of fused-ring (bicyclic) bond motifs is 5. The van der Waals surface area contributed by atoms with Gasteiger partial charge in [0.15, 0.2) is 0 Å². The van der Waals surface area contributed by atoms with E-state index in [1.165, 1.54) is 44.9 Å². The molecule has 0 aromatic carbocycles. The monoisotopic (exact) mass is 643 g/mol. The van der Waals surface area contributed by atoms with Crippen LogP contribution in [0.25, 0.3) is 0 Å². The van der Waals surface area contributed by atoms with Crippen LogP contribution in [0.5, 0.6) is 0 Å². The van der Waals surface area contributed by atoms with Gasteiger partial charge in [-0.05, 0) is 156 Å². The number of unbranched alkanes of at least 4 members (excludes halogenated alkanes) is 1. The van der Waals surface area contributed by atoms with Crippen LogP contribution >= 0.6 is 0 Å². The van der Waals surface area contributed by atoms with Crippen LogP contribution in [0.15, 0.2) is 0 Å². The lowest BCUT2D eigenvalue weighted by Gasteiger charge is -2.62. The highest BCUT2D eigenvalue weighted by Crippen LogP contribution is 2.68. The second-order valence-electron chi connectivity index (χ2n) is 15.9. The number of aliphatic hydroxyl groups is 2. The number of hydrogen-bond acceptors (Lipinski definition) is 8. The molecule has 4 fully saturated rings. The summed E-state index contributed by atoms with van der Waals surface area (Å²) in [5.74, 6) is 2.78. The van der Waals surface area contributed by atoms with E-state index in [9.17, 15) is 18.6 Å². The first kappa shape index (κ1) is 36.5. The summed E-state index contributed by atoms with van der Waals surface area (Å²) in [6.07, 6.45) is 13.4. The quantitative estimate of drug-likeness (QED) is 0.0991. The molecule has 0 spiro atoms. The van der Waals surface area contributed by atoms with Crippen LogP contribution in [0.1, 0.15) is 111 Å². The van der Waals surface area contributed by atoms with Gasteiger partial charge in [0.2, 0.25) is 0 Å². The Morgan fingerprint density at radius 3 is 2.36 bits per heavy atom. The van der Waals surface area contributed by atoms with Gasteiger partial charge in [0, 0.05) is 12.0 Å². The van der Waals surface area contributed by atoms with Gasteiger partial charge >= 0.3 is 10.4 Å². The second-order valence-corrected chi connectivity index (χ2v) is 17.0. The van der Waals surface area contributed by atoms with Crippen LogP contribution in [0.3, 0.4) is 0 Å². The molecule has 44 heavy (non-hydrogen) atoms. The molecular formula is C34H65N3O6S. The Balaban J connectivity index is 1.28. The molecule has 4 aliphatic rings. The maximum absolute atomic E-state index is 11.8. The lowest BCUT2D eigenvalue weighted by atomic mass is 9.43. The van der Waals surface area contributed by atoms with Gasteiger partial charge in [0.1, 0.15) is 0 Å². The fraction of sp³-hybridized carbons (Fsp3) is 1.00. The van der Waals surface area contributed by atoms with Crippen LogP contribution in [-0.2, 0) is 14.6 Å². The normalized spacial score (nSPS) is 39.2. The minimum Gasteiger partial charge on any atom is -0.393 e. The number of nitrogens with two attached hydrogens (primary N) is 1. The molecule has 0 aromatic heterocycles. The van der Waals surface area contributed by atoms with Gasteiger partial charge in [-0.2, -0.15) is 8.42 Å². The van der Waals surface area contributed by atoms with Gasteiger partial charge in [-0.15, -0.1) is 0 Å². The maximum atomic E-state index is 11.8. The first-order valence-corrected chi connectivity index (χ1v) is 19.3. The molecule has 0 aromatic rings. The van der Waals surface area contributed by atoms with E-state index < -0.39 is 16.5 Å². The molecule has 258 valence electrons. The van der Waals surface area contributed by atoms with Gasteiger partial charge in [-0.1, -0.05) is 27.7 Å². The van der Waals surface area contributed by atoms with Gasteiger partial charge < -0.3 is 26.6 Å². The molecule has 0 heterocycles. The number of nitrogens with one attached hydrogen (secondary N) is 2. The summed E-state index contributed by atoms with van der Waals surface area (Å²) in [5, 5.41) is 29.8. The standard InChI is InChI=1S/C34H65N3O6S/c1-23(8-11-30(38)24(2)22-43-44(40,41)42)27-9-10-28-32-29(13-15-34(27,28)4)33(3)14-12-26(20-25(33)21-31(32)39)37-19-7-18-36-17-6-5-16-35/h23-32,36-39H,5-22,35H2,1-4H3,(H,40,41,42)/t23-,24?,25-,26+,27?,28?,29?,30?,31?,32?,33+,34-/m1/s1. The summed E-state index contributed by atoms with van der Waals surface area (Å²) >= 11 is 0. The zero-order valence-electron chi connectivity index (χ0n) is 28.1. The molecule has 7 N–H and O–H groups in total. The molecule has 4 rings (SSSR count). The Morgan fingerprint density at radius 1 is 0.932 bits per heavy atom. The summed E-state index contributed by atoms with van der Waals surface area (Å²) in [7, 11) is -4.50. The molecule has 0 saturated heterocycles. The molecule has 4 aliphatic carbocycles. The van der Waals surface area contributed by atoms with Gasteiger partial charge in [0.25, 0.3) is 0 Å². The van der Waals surface area contributed by atoms with Crippen molar-refractivity contribution >= 4 is 10.4 Å². The third-order valence-electron chi connectivity index (χ3n) is 13.3. The summed E-state index contributed by atoms with van der Waals surface area (Å²) in [6.45, 7) is 12.9. The van der Waals surface area contributed by atoms with Crippen LogP contribution < -0.4 is 16.4 Å². The molecule has 10 heteroatoms. The van der Waals surface area contributed by atoms with Crippen molar-refractivity contribution in [1.29, 1.82) is 0 Å². The zero-order valence-corrected chi connectivity index (χ0v) is 28.9. The maximum Gasteiger partial charge on any atom is 0.397 e. The molecule has 0 radical (unpaired) electrons. The molecule has 12 atom stereocenters. The average molecular weight is 644 g/mol. The predicted molar refractivity (Wildman–Crippen MR) is 175 cm³/mol. The third-order valence-corrected chi connectivity index (χ3v) is 13.7.